The summed E-state index contributed by atoms with van der Waals surface area (Å²) >= 11 is 0. The number of hydrogen-bond donors (Lipinski definition) is 4. The summed E-state index contributed by atoms with van der Waals surface area (Å²) in [5, 5.41) is 33.8. The third-order valence-electron chi connectivity index (χ3n) is 1.12. The molecule has 1 atom stereocenters. The van der Waals surface area contributed by atoms with E-state index in [9.17, 15) is 0 Å². The molecule has 0 aliphatic carbocycles. The molecule has 0 aliphatic rings. The zero-order chi connectivity index (χ0) is 8.69. The van der Waals surface area contributed by atoms with Crippen LogP contribution >= 0.6 is 0 Å². The predicted molar refractivity (Wildman–Crippen MR) is 36.8 cm³/mol. The molecule has 0 aromatic carbocycles. The molecule has 0 rings (SSSR count). The summed E-state index contributed by atoms with van der Waals surface area (Å²) < 4.78 is 4.83. The van der Waals surface area contributed by atoms with E-state index in [0.29, 0.717) is 0 Å². The molecule has 5 heteroatoms. The minimum atomic E-state index is -1.48. The molecule has 0 fully saturated rings. The van der Waals surface area contributed by atoms with Gasteiger partial charge in [0.15, 0.2) is 6.29 Å². The summed E-state index contributed by atoms with van der Waals surface area (Å²) in [4.78, 5) is 0. The van der Waals surface area contributed by atoms with Crippen molar-refractivity contribution in [3.8, 4) is 0 Å². The van der Waals surface area contributed by atoms with Gasteiger partial charge in [-0.25, -0.2) is 0 Å². The summed E-state index contributed by atoms with van der Waals surface area (Å²) in [6, 6.07) is 0. The average Bonchev–Trinajstić information content (AvgIpc) is 1.97. The van der Waals surface area contributed by atoms with Crippen molar-refractivity contribution in [1.29, 1.82) is 0 Å². The first-order valence-electron chi connectivity index (χ1n) is 3.40. The molecule has 4 N–H and O–H groups in total. The Labute approximate surface area is 64.9 Å². The molecule has 0 aromatic heterocycles. The molecule has 0 aliphatic heterocycles. The van der Waals surface area contributed by atoms with Crippen molar-refractivity contribution < 1.29 is 25.2 Å². The highest BCUT2D eigenvalue weighted by Crippen LogP contribution is 1.99. The molecule has 0 saturated carbocycles. The normalized spacial score (nSPS) is 13.9. The molecule has 0 heterocycles. The molecule has 0 spiro atoms. The second-order valence-electron chi connectivity index (χ2n) is 2.12. The van der Waals surface area contributed by atoms with Crippen LogP contribution in [0.2, 0.25) is 0 Å². The van der Waals surface area contributed by atoms with E-state index in [0.717, 1.165) is 0 Å². The fourth-order valence-corrected chi connectivity index (χ4v) is 0.650. The van der Waals surface area contributed by atoms with Crippen molar-refractivity contribution in [2.24, 2.45) is 0 Å². The van der Waals surface area contributed by atoms with Gasteiger partial charge in [-0.2, -0.15) is 0 Å². The molecule has 0 aromatic rings. The Morgan fingerprint density at radius 2 is 1.82 bits per heavy atom. The van der Waals surface area contributed by atoms with Crippen molar-refractivity contribution >= 4 is 0 Å². The lowest BCUT2D eigenvalue weighted by Crippen LogP contribution is -2.25. The first-order valence-corrected chi connectivity index (χ1v) is 3.40. The van der Waals surface area contributed by atoms with E-state index in [-0.39, 0.29) is 26.2 Å². The molecule has 68 valence electrons. The van der Waals surface area contributed by atoms with Gasteiger partial charge >= 0.3 is 0 Å². The van der Waals surface area contributed by atoms with Gasteiger partial charge in [0.1, 0.15) is 0 Å². The molecule has 0 saturated heterocycles. The standard InChI is InChI=1S/C6H14O5/c7-1-2-11-5(4-8)3-6(9)10/h5-10H,1-4H2. The van der Waals surface area contributed by atoms with Crippen LogP contribution in [-0.4, -0.2) is 52.6 Å². The molecular formula is C6H14O5. The van der Waals surface area contributed by atoms with Crippen LogP contribution in [0.15, 0.2) is 0 Å². The van der Waals surface area contributed by atoms with Crippen molar-refractivity contribution in [3.05, 3.63) is 0 Å². The van der Waals surface area contributed by atoms with Gasteiger partial charge in [0.2, 0.25) is 0 Å². The predicted octanol–water partition coefficient (Wildman–Crippen LogP) is -1.94. The Morgan fingerprint density at radius 3 is 2.18 bits per heavy atom. The van der Waals surface area contributed by atoms with E-state index in [1.165, 1.54) is 0 Å². The zero-order valence-corrected chi connectivity index (χ0v) is 6.18. The van der Waals surface area contributed by atoms with Gasteiger partial charge in [-0.15, -0.1) is 0 Å². The molecular weight excluding hydrogens is 152 g/mol. The topological polar surface area (TPSA) is 90.2 Å². The highest BCUT2D eigenvalue weighted by molar-refractivity contribution is 4.56. The minimum absolute atomic E-state index is 0.0451. The maximum absolute atomic E-state index is 8.57. The maximum atomic E-state index is 8.57. The number of aliphatic hydroxyl groups is 4. The Bertz CT molecular complexity index is 85.0. The zero-order valence-electron chi connectivity index (χ0n) is 6.18. The third-order valence-corrected chi connectivity index (χ3v) is 1.12. The highest BCUT2D eigenvalue weighted by atomic mass is 16.5. The Hall–Kier alpha value is -0.200. The van der Waals surface area contributed by atoms with Crippen molar-refractivity contribution in [2.75, 3.05) is 19.8 Å². The first kappa shape index (κ1) is 10.8. The van der Waals surface area contributed by atoms with E-state index in [2.05, 4.69) is 0 Å². The third kappa shape index (κ3) is 6.21. The van der Waals surface area contributed by atoms with Gasteiger partial charge in [0, 0.05) is 6.42 Å². The summed E-state index contributed by atoms with van der Waals surface area (Å²) in [6.45, 7) is -0.326. The second-order valence-corrected chi connectivity index (χ2v) is 2.12. The second kappa shape index (κ2) is 6.51. The van der Waals surface area contributed by atoms with Crippen LogP contribution in [0.1, 0.15) is 6.42 Å². The van der Waals surface area contributed by atoms with E-state index in [4.69, 9.17) is 25.2 Å². The van der Waals surface area contributed by atoms with Crippen LogP contribution in [-0.2, 0) is 4.74 Å². The van der Waals surface area contributed by atoms with E-state index < -0.39 is 12.4 Å². The van der Waals surface area contributed by atoms with Crippen molar-refractivity contribution in [2.45, 2.75) is 18.8 Å². The van der Waals surface area contributed by atoms with E-state index in [1.54, 1.807) is 0 Å². The summed E-state index contributed by atoms with van der Waals surface area (Å²) in [7, 11) is 0. The molecule has 5 nitrogen and oxygen atoms in total. The van der Waals surface area contributed by atoms with Crippen LogP contribution in [0.3, 0.4) is 0 Å². The maximum Gasteiger partial charge on any atom is 0.154 e. The molecule has 0 radical (unpaired) electrons. The number of rotatable bonds is 6. The Morgan fingerprint density at radius 1 is 1.18 bits per heavy atom. The van der Waals surface area contributed by atoms with Gasteiger partial charge < -0.3 is 25.2 Å². The highest BCUT2D eigenvalue weighted by Gasteiger charge is 2.11. The monoisotopic (exact) mass is 166 g/mol. The smallest absolute Gasteiger partial charge is 0.154 e. The van der Waals surface area contributed by atoms with Crippen LogP contribution < -0.4 is 0 Å². The lowest BCUT2D eigenvalue weighted by atomic mass is 10.2. The van der Waals surface area contributed by atoms with Gasteiger partial charge in [-0.1, -0.05) is 0 Å². The van der Waals surface area contributed by atoms with E-state index >= 15 is 0 Å². The van der Waals surface area contributed by atoms with E-state index in [1.807, 2.05) is 0 Å². The fourth-order valence-electron chi connectivity index (χ4n) is 0.650. The van der Waals surface area contributed by atoms with Gasteiger partial charge in [-0.05, 0) is 0 Å². The fraction of sp³-hybridized carbons (Fsp3) is 1.00. The van der Waals surface area contributed by atoms with Crippen molar-refractivity contribution in [3.63, 3.8) is 0 Å². The van der Waals surface area contributed by atoms with Crippen LogP contribution in [0.4, 0.5) is 0 Å². The van der Waals surface area contributed by atoms with Gasteiger partial charge in [-0.3, -0.25) is 0 Å². The van der Waals surface area contributed by atoms with Crippen LogP contribution in [0, 0.1) is 0 Å². The minimum Gasteiger partial charge on any atom is -0.394 e. The van der Waals surface area contributed by atoms with Gasteiger partial charge in [0.25, 0.3) is 0 Å². The summed E-state index contributed by atoms with van der Waals surface area (Å²) in [5.41, 5.74) is 0. The molecule has 1 unspecified atom stereocenters. The molecule has 11 heavy (non-hydrogen) atoms. The Balaban J connectivity index is 3.41. The first-order chi connectivity index (χ1) is 5.20. The summed E-state index contributed by atoms with van der Waals surface area (Å²) in [5.74, 6) is 0. The Kier molecular flexibility index (Phi) is 6.39. The summed E-state index contributed by atoms with van der Waals surface area (Å²) in [6.07, 6.45) is -2.13. The van der Waals surface area contributed by atoms with Crippen LogP contribution in [0.25, 0.3) is 0 Å². The SMILES string of the molecule is OCCOC(CO)CC(O)O. The van der Waals surface area contributed by atoms with Crippen LogP contribution in [0.5, 0.6) is 0 Å². The number of hydrogen-bond acceptors (Lipinski definition) is 5. The lowest BCUT2D eigenvalue weighted by Gasteiger charge is -2.15. The number of ether oxygens (including phenoxy) is 1. The largest absolute Gasteiger partial charge is 0.394 e. The average molecular weight is 166 g/mol. The quantitative estimate of drug-likeness (QED) is 0.345. The van der Waals surface area contributed by atoms with Gasteiger partial charge in [0.05, 0.1) is 25.9 Å². The molecule has 0 amide bonds. The lowest BCUT2D eigenvalue weighted by molar-refractivity contribution is -0.0970. The van der Waals surface area contributed by atoms with Crippen molar-refractivity contribution in [1.82, 2.24) is 0 Å². The number of aliphatic hydroxyl groups excluding tert-OH is 3. The molecule has 0 bridgehead atoms.